The number of unbranched alkanes of at least 4 members (excludes halogenated alkanes) is 5. The molecule has 0 unspecified atom stereocenters. The van der Waals surface area contributed by atoms with Crippen LogP contribution in [0.15, 0.2) is 0 Å². The van der Waals surface area contributed by atoms with Crippen molar-refractivity contribution in [3.8, 4) is 0 Å². The number of hydrogen-bond donors (Lipinski definition) is 15. The highest BCUT2D eigenvalue weighted by Crippen LogP contribution is 2.08. The molecule has 0 aromatic heterocycles. The average molecular weight is 1070 g/mol. The van der Waals surface area contributed by atoms with E-state index in [1.54, 1.807) is 0 Å². The van der Waals surface area contributed by atoms with Crippen molar-refractivity contribution < 1.29 is 47.9 Å². The van der Waals surface area contributed by atoms with Crippen molar-refractivity contribution >= 4 is 59.1 Å². The molecular formula is C50H95N15O10. The molecule has 0 aromatic carbocycles. The van der Waals surface area contributed by atoms with E-state index in [9.17, 15) is 47.9 Å². The minimum Gasteiger partial charge on any atom is -0.354 e. The van der Waals surface area contributed by atoms with Crippen LogP contribution in [0.1, 0.15) is 161 Å². The molecule has 430 valence electrons. The van der Waals surface area contributed by atoms with Crippen LogP contribution in [0.25, 0.3) is 0 Å². The number of carbonyl (C=O) groups is 10. The summed E-state index contributed by atoms with van der Waals surface area (Å²) in [6, 6.07) is -4.33. The zero-order valence-electron chi connectivity index (χ0n) is 44.6. The molecule has 25 heteroatoms. The summed E-state index contributed by atoms with van der Waals surface area (Å²) in [5.74, 6) is -4.16. The highest BCUT2D eigenvalue weighted by Gasteiger charge is 2.26. The first kappa shape index (κ1) is 67.5. The highest BCUT2D eigenvalue weighted by atomic mass is 16.2. The SMILES string of the molecule is NCCCC[C@@H]1NC(=O)CCCNC(=O)[C@H](CCCCN)NC(=O)CCCNC(=O)[C@H](CCCCN)NC(=O)CCCNC(=O)[C@H](CCCCN)NC(=O)CCCNC(=O)[C@H](CCCCN)NC(=O)CCCNC1=O. The molecule has 0 saturated carbocycles. The Morgan fingerprint density at radius 3 is 0.573 bits per heavy atom. The molecule has 1 aliphatic rings. The van der Waals surface area contributed by atoms with Crippen LogP contribution >= 0.6 is 0 Å². The lowest BCUT2D eigenvalue weighted by Crippen LogP contribution is -2.48. The maximum atomic E-state index is 13.3. The number of carbonyl (C=O) groups excluding carboxylic acids is 10. The van der Waals surface area contributed by atoms with Crippen molar-refractivity contribution in [2.75, 3.05) is 65.4 Å². The topological polar surface area (TPSA) is 421 Å². The number of rotatable bonds is 20. The van der Waals surface area contributed by atoms with E-state index in [4.69, 9.17) is 28.7 Å². The Morgan fingerprint density at radius 1 is 0.267 bits per heavy atom. The van der Waals surface area contributed by atoms with Gasteiger partial charge >= 0.3 is 0 Å². The van der Waals surface area contributed by atoms with E-state index in [0.717, 1.165) is 0 Å². The predicted octanol–water partition coefficient (Wildman–Crippen LogP) is -2.45. The van der Waals surface area contributed by atoms with Gasteiger partial charge in [0.2, 0.25) is 59.1 Å². The van der Waals surface area contributed by atoms with E-state index < -0.39 is 89.3 Å². The van der Waals surface area contributed by atoms with Crippen molar-refractivity contribution in [1.29, 1.82) is 0 Å². The molecule has 0 bridgehead atoms. The summed E-state index contributed by atoms with van der Waals surface area (Å²) in [5.41, 5.74) is 28.4. The summed E-state index contributed by atoms with van der Waals surface area (Å²) in [6.07, 6.45) is 8.91. The van der Waals surface area contributed by atoms with E-state index in [-0.39, 0.29) is 96.9 Å². The minimum atomic E-state index is -0.865. The fourth-order valence-corrected chi connectivity index (χ4v) is 8.06. The van der Waals surface area contributed by atoms with Crippen molar-refractivity contribution in [3.05, 3.63) is 0 Å². The minimum absolute atomic E-state index is 0.0000146. The smallest absolute Gasteiger partial charge is 0.242 e. The van der Waals surface area contributed by atoms with Gasteiger partial charge in [-0.25, -0.2) is 0 Å². The fourth-order valence-electron chi connectivity index (χ4n) is 8.06. The molecule has 75 heavy (non-hydrogen) atoms. The Balaban J connectivity index is 3.21. The van der Waals surface area contributed by atoms with E-state index in [1.807, 2.05) is 0 Å². The van der Waals surface area contributed by atoms with Gasteiger partial charge in [-0.3, -0.25) is 47.9 Å². The van der Waals surface area contributed by atoms with Gasteiger partial charge in [-0.1, -0.05) is 0 Å². The summed E-state index contributed by atoms with van der Waals surface area (Å²) in [5, 5.41) is 27.8. The lowest BCUT2D eigenvalue weighted by molar-refractivity contribution is -0.130. The van der Waals surface area contributed by atoms with Gasteiger partial charge in [0.15, 0.2) is 0 Å². The van der Waals surface area contributed by atoms with E-state index in [1.165, 1.54) is 0 Å². The third kappa shape index (κ3) is 33.9. The summed E-state index contributed by atoms with van der Waals surface area (Å²) in [6.45, 7) is 2.64. The Bertz CT molecular complexity index is 1430. The fraction of sp³-hybridized carbons (Fsp3) is 0.800. The average Bonchev–Trinajstić information content (AvgIpc) is 3.38. The van der Waals surface area contributed by atoms with Gasteiger partial charge in [-0.15, -0.1) is 0 Å². The molecule has 25 nitrogen and oxygen atoms in total. The van der Waals surface area contributed by atoms with Gasteiger partial charge in [0, 0.05) is 64.8 Å². The number of nitrogens with two attached hydrogens (primary N) is 5. The normalized spacial score (nSPS) is 22.6. The highest BCUT2D eigenvalue weighted by molar-refractivity contribution is 5.91. The molecule has 1 aliphatic heterocycles. The number of amides is 10. The van der Waals surface area contributed by atoms with Crippen LogP contribution in [0.3, 0.4) is 0 Å². The third-order valence-corrected chi connectivity index (χ3v) is 12.4. The molecule has 0 aliphatic carbocycles. The second-order valence-electron chi connectivity index (χ2n) is 19.0. The van der Waals surface area contributed by atoms with Crippen LogP contribution in [0, 0.1) is 0 Å². The Labute approximate surface area is 443 Å². The standard InChI is InChI=1S/C50H95N15O10/c51-26-6-1-16-36-46(71)56-31-12-22-42(67)62-38(18-3-8-28-53)48(73)58-33-14-24-44(69)64-40(20-5-10-30-55)50(75)60-35-15-25-45(70)65-39(19-4-9-29-54)49(74)59-34-13-23-43(68)63-37(17-2-7-27-52)47(72)57-32-11-21-41(66)61-36/h36-40H,1-35,51-55H2,(H,56,71)(H,57,72)(H,58,73)(H,59,74)(H,60,75)(H,61,66)(H,62,67)(H,63,68)(H,64,69)(H,65,70)/t36-,37-,38-,39-,40-/m0/s1. The maximum absolute atomic E-state index is 13.3. The first-order chi connectivity index (χ1) is 36.2. The summed E-state index contributed by atoms with van der Waals surface area (Å²) < 4.78 is 0. The maximum Gasteiger partial charge on any atom is 0.242 e. The van der Waals surface area contributed by atoms with Crippen LogP contribution in [-0.4, -0.2) is 155 Å². The first-order valence-corrected chi connectivity index (χ1v) is 27.5. The van der Waals surface area contributed by atoms with Crippen molar-refractivity contribution in [1.82, 2.24) is 53.2 Å². The molecule has 1 rings (SSSR count). The Kier molecular flexibility index (Phi) is 39.3. The molecule has 1 fully saturated rings. The largest absolute Gasteiger partial charge is 0.354 e. The van der Waals surface area contributed by atoms with Gasteiger partial charge in [0.25, 0.3) is 0 Å². The lowest BCUT2D eigenvalue weighted by atomic mass is 10.1. The van der Waals surface area contributed by atoms with Crippen LogP contribution in [0.5, 0.6) is 0 Å². The number of nitrogens with one attached hydrogen (secondary N) is 10. The van der Waals surface area contributed by atoms with Crippen molar-refractivity contribution in [3.63, 3.8) is 0 Å². The van der Waals surface area contributed by atoms with Crippen LogP contribution in [0.2, 0.25) is 0 Å². The van der Waals surface area contributed by atoms with Gasteiger partial charge in [0.05, 0.1) is 0 Å². The molecule has 0 radical (unpaired) electrons. The predicted molar refractivity (Wildman–Crippen MR) is 285 cm³/mol. The third-order valence-electron chi connectivity index (χ3n) is 12.4. The Morgan fingerprint density at radius 2 is 0.427 bits per heavy atom. The quantitative estimate of drug-likeness (QED) is 0.0563. The molecule has 0 spiro atoms. The van der Waals surface area contributed by atoms with Crippen LogP contribution in [-0.2, 0) is 47.9 Å². The zero-order valence-corrected chi connectivity index (χ0v) is 44.6. The molecular weight excluding hydrogens is 971 g/mol. The summed E-state index contributed by atoms with van der Waals surface area (Å²) in [4.78, 5) is 132. The Hall–Kier alpha value is -5.50. The van der Waals surface area contributed by atoms with E-state index in [2.05, 4.69) is 53.2 Å². The van der Waals surface area contributed by atoms with Gasteiger partial charge in [-0.05, 0) is 161 Å². The molecule has 10 amide bonds. The van der Waals surface area contributed by atoms with E-state index >= 15 is 0 Å². The van der Waals surface area contributed by atoms with Crippen LogP contribution in [0.4, 0.5) is 0 Å². The summed E-state index contributed by atoms with van der Waals surface area (Å²) >= 11 is 0. The van der Waals surface area contributed by atoms with Gasteiger partial charge in [0.1, 0.15) is 30.2 Å². The van der Waals surface area contributed by atoms with Crippen molar-refractivity contribution in [2.45, 2.75) is 191 Å². The monoisotopic (exact) mass is 1070 g/mol. The lowest BCUT2D eigenvalue weighted by Gasteiger charge is -2.20. The summed E-state index contributed by atoms with van der Waals surface area (Å²) in [7, 11) is 0. The molecule has 1 saturated heterocycles. The molecule has 5 atom stereocenters. The zero-order chi connectivity index (χ0) is 55.5. The van der Waals surface area contributed by atoms with Crippen LogP contribution < -0.4 is 81.8 Å². The van der Waals surface area contributed by atoms with Gasteiger partial charge < -0.3 is 81.8 Å². The first-order valence-electron chi connectivity index (χ1n) is 27.5. The number of hydrogen-bond acceptors (Lipinski definition) is 15. The van der Waals surface area contributed by atoms with E-state index in [0.29, 0.717) is 129 Å². The van der Waals surface area contributed by atoms with Gasteiger partial charge in [-0.2, -0.15) is 0 Å². The second kappa shape index (κ2) is 43.7. The van der Waals surface area contributed by atoms with Crippen molar-refractivity contribution in [2.24, 2.45) is 28.7 Å². The second-order valence-corrected chi connectivity index (χ2v) is 19.0. The molecule has 20 N–H and O–H groups in total. The molecule has 0 aromatic rings. The molecule has 1 heterocycles.